The van der Waals surface area contributed by atoms with Crippen LogP contribution in [0, 0.1) is 19.8 Å². The molecule has 0 aliphatic heterocycles. The molecule has 3 aromatic rings. The summed E-state index contributed by atoms with van der Waals surface area (Å²) in [6.07, 6.45) is 1.97. The van der Waals surface area contributed by atoms with Crippen LogP contribution in [0.4, 0.5) is 10.5 Å². The number of ether oxygens (including phenoxy) is 1. The van der Waals surface area contributed by atoms with E-state index in [1.54, 1.807) is 25.7 Å². The number of para-hydroxylation sites is 1. The molecule has 0 saturated heterocycles. The average molecular weight is 628 g/mol. The van der Waals surface area contributed by atoms with E-state index in [9.17, 15) is 14.4 Å². The second kappa shape index (κ2) is 16.4. The van der Waals surface area contributed by atoms with Gasteiger partial charge in [0.1, 0.15) is 17.7 Å². The minimum absolute atomic E-state index is 0.242. The van der Waals surface area contributed by atoms with Crippen LogP contribution in [-0.4, -0.2) is 40.5 Å². The molecule has 3 atom stereocenters. The fourth-order valence-electron chi connectivity index (χ4n) is 5.57. The molecule has 0 aliphatic carbocycles. The molecule has 0 saturated carbocycles. The second-order valence-corrected chi connectivity index (χ2v) is 13.7. The number of nitrogens with zero attached hydrogens (tertiary/aromatic N) is 1. The Morgan fingerprint density at radius 3 is 1.96 bits per heavy atom. The predicted molar refractivity (Wildman–Crippen MR) is 187 cm³/mol. The first-order valence-corrected chi connectivity index (χ1v) is 16.5. The molecule has 0 heterocycles. The monoisotopic (exact) mass is 627 g/mol. The van der Waals surface area contributed by atoms with Crippen molar-refractivity contribution in [2.75, 3.05) is 5.32 Å². The van der Waals surface area contributed by atoms with Gasteiger partial charge >= 0.3 is 6.09 Å². The van der Waals surface area contributed by atoms with E-state index in [2.05, 4.69) is 31.4 Å². The minimum atomic E-state index is -0.968. The SMILES string of the molecule is CCc1ccc(C(C(=O)Nc2c(C)cccc2C)N(C(=O)C(Cc2ccccc2)NC(=O)OC(C)(C)C)C(C)CCC(C)C)cc1. The van der Waals surface area contributed by atoms with E-state index in [1.807, 2.05) is 93.6 Å². The molecule has 0 aliphatic rings. The fraction of sp³-hybridized carbons (Fsp3) is 0.462. The summed E-state index contributed by atoms with van der Waals surface area (Å²) in [7, 11) is 0. The lowest BCUT2D eigenvalue weighted by Gasteiger charge is -2.39. The number of nitrogens with one attached hydrogen (secondary N) is 2. The molecule has 2 N–H and O–H groups in total. The van der Waals surface area contributed by atoms with Crippen LogP contribution in [0.1, 0.15) is 95.2 Å². The summed E-state index contributed by atoms with van der Waals surface area (Å²) >= 11 is 0. The molecule has 3 unspecified atom stereocenters. The highest BCUT2D eigenvalue weighted by Crippen LogP contribution is 2.31. The molecule has 7 heteroatoms. The van der Waals surface area contributed by atoms with Gasteiger partial charge in [-0.05, 0) is 94.5 Å². The number of carbonyl (C=O) groups is 3. The topological polar surface area (TPSA) is 87.7 Å². The van der Waals surface area contributed by atoms with Gasteiger partial charge in [0, 0.05) is 18.2 Å². The summed E-state index contributed by atoms with van der Waals surface area (Å²) < 4.78 is 5.60. The quantitative estimate of drug-likeness (QED) is 0.199. The van der Waals surface area contributed by atoms with Crippen molar-refractivity contribution in [2.45, 2.75) is 112 Å². The molecule has 0 fully saturated rings. The number of anilines is 1. The minimum Gasteiger partial charge on any atom is -0.444 e. The number of alkyl carbamates (subject to hydrolysis) is 1. The molecule has 3 amide bonds. The van der Waals surface area contributed by atoms with Gasteiger partial charge in [0.05, 0.1) is 0 Å². The third kappa shape index (κ3) is 10.5. The Labute approximate surface area is 276 Å². The number of aryl methyl sites for hydroxylation is 3. The molecule has 0 aromatic heterocycles. The number of rotatable bonds is 13. The first-order chi connectivity index (χ1) is 21.7. The number of hydrogen-bond acceptors (Lipinski definition) is 4. The third-order valence-corrected chi connectivity index (χ3v) is 8.12. The number of benzene rings is 3. The largest absolute Gasteiger partial charge is 0.444 e. The van der Waals surface area contributed by atoms with Crippen LogP contribution >= 0.6 is 0 Å². The first-order valence-electron chi connectivity index (χ1n) is 16.5. The van der Waals surface area contributed by atoms with E-state index in [1.165, 1.54) is 0 Å². The standard InChI is InChI=1S/C39H53N3O4/c1-10-30-21-23-32(24-22-30)35(36(43)41-34-27(4)15-14-16-28(34)5)42(29(6)20-19-26(2)3)37(44)33(25-31-17-12-11-13-18-31)40-38(45)46-39(7,8)9/h11-18,21-24,26,29,33,35H,10,19-20,25H2,1-9H3,(H,40,45)(H,41,43). The molecule has 0 spiro atoms. The van der Waals surface area contributed by atoms with Crippen molar-refractivity contribution in [3.05, 3.63) is 101 Å². The van der Waals surface area contributed by atoms with Gasteiger partial charge in [-0.15, -0.1) is 0 Å². The van der Waals surface area contributed by atoms with Crippen LogP contribution in [0.25, 0.3) is 0 Å². The van der Waals surface area contributed by atoms with Crippen molar-refractivity contribution in [3.63, 3.8) is 0 Å². The maximum Gasteiger partial charge on any atom is 0.408 e. The summed E-state index contributed by atoms with van der Waals surface area (Å²) in [5, 5.41) is 6.05. The van der Waals surface area contributed by atoms with Gasteiger partial charge in [-0.2, -0.15) is 0 Å². The van der Waals surface area contributed by atoms with E-state index in [0.717, 1.165) is 40.8 Å². The van der Waals surface area contributed by atoms with E-state index in [-0.39, 0.29) is 24.3 Å². The van der Waals surface area contributed by atoms with Gasteiger partial charge in [-0.1, -0.05) is 93.6 Å². The zero-order valence-corrected chi connectivity index (χ0v) is 29.1. The van der Waals surface area contributed by atoms with Crippen molar-refractivity contribution in [3.8, 4) is 0 Å². The van der Waals surface area contributed by atoms with Crippen molar-refractivity contribution >= 4 is 23.6 Å². The Morgan fingerprint density at radius 1 is 0.804 bits per heavy atom. The fourth-order valence-corrected chi connectivity index (χ4v) is 5.57. The zero-order valence-electron chi connectivity index (χ0n) is 29.1. The molecule has 248 valence electrons. The van der Waals surface area contributed by atoms with E-state index < -0.39 is 23.8 Å². The van der Waals surface area contributed by atoms with Crippen LogP contribution in [0.3, 0.4) is 0 Å². The number of hydrogen-bond donors (Lipinski definition) is 2. The Hall–Kier alpha value is -4.13. The highest BCUT2D eigenvalue weighted by atomic mass is 16.6. The van der Waals surface area contributed by atoms with Gasteiger partial charge in [-0.3, -0.25) is 9.59 Å². The molecular weight excluding hydrogens is 574 g/mol. The Morgan fingerprint density at radius 2 is 1.41 bits per heavy atom. The maximum absolute atomic E-state index is 14.9. The molecular formula is C39H53N3O4. The highest BCUT2D eigenvalue weighted by Gasteiger charge is 2.39. The normalized spacial score (nSPS) is 13.4. The summed E-state index contributed by atoms with van der Waals surface area (Å²) in [5.74, 6) is -0.237. The van der Waals surface area contributed by atoms with Crippen LogP contribution in [0.2, 0.25) is 0 Å². The van der Waals surface area contributed by atoms with Gasteiger partial charge in [0.2, 0.25) is 5.91 Å². The Kier molecular flexibility index (Phi) is 13.0. The summed E-state index contributed by atoms with van der Waals surface area (Å²) in [6.45, 7) is 17.7. The third-order valence-electron chi connectivity index (χ3n) is 8.12. The van der Waals surface area contributed by atoms with Gasteiger partial charge in [-0.25, -0.2) is 4.79 Å². The van der Waals surface area contributed by atoms with E-state index >= 15 is 0 Å². The highest BCUT2D eigenvalue weighted by molar-refractivity contribution is 6.00. The summed E-state index contributed by atoms with van der Waals surface area (Å²) in [4.78, 5) is 44.3. The lowest BCUT2D eigenvalue weighted by Crippen LogP contribution is -2.55. The molecule has 7 nitrogen and oxygen atoms in total. The average Bonchev–Trinajstić information content (AvgIpc) is 2.99. The van der Waals surface area contributed by atoms with Crippen molar-refractivity contribution in [1.82, 2.24) is 10.2 Å². The predicted octanol–water partition coefficient (Wildman–Crippen LogP) is 8.33. The van der Waals surface area contributed by atoms with Crippen molar-refractivity contribution < 1.29 is 19.1 Å². The van der Waals surface area contributed by atoms with Crippen LogP contribution < -0.4 is 10.6 Å². The number of carbonyl (C=O) groups excluding carboxylic acids is 3. The summed E-state index contributed by atoms with van der Waals surface area (Å²) in [6, 6.07) is 21.1. The van der Waals surface area contributed by atoms with Gasteiger partial charge < -0.3 is 20.3 Å². The lowest BCUT2D eigenvalue weighted by atomic mass is 9.95. The molecule has 0 bridgehead atoms. The van der Waals surface area contributed by atoms with Crippen molar-refractivity contribution in [2.24, 2.45) is 5.92 Å². The van der Waals surface area contributed by atoms with Gasteiger partial charge in [0.15, 0.2) is 0 Å². The van der Waals surface area contributed by atoms with Gasteiger partial charge in [0.25, 0.3) is 5.91 Å². The maximum atomic E-state index is 14.9. The molecule has 0 radical (unpaired) electrons. The van der Waals surface area contributed by atoms with Crippen LogP contribution in [0.15, 0.2) is 72.8 Å². The van der Waals surface area contributed by atoms with E-state index in [0.29, 0.717) is 17.9 Å². The Bertz CT molecular complexity index is 1420. The number of amides is 3. The zero-order chi connectivity index (χ0) is 34.0. The van der Waals surface area contributed by atoms with Crippen molar-refractivity contribution in [1.29, 1.82) is 0 Å². The Balaban J connectivity index is 2.17. The second-order valence-electron chi connectivity index (χ2n) is 13.7. The molecule has 46 heavy (non-hydrogen) atoms. The van der Waals surface area contributed by atoms with Crippen LogP contribution in [-0.2, 0) is 27.2 Å². The molecule has 3 aromatic carbocycles. The van der Waals surface area contributed by atoms with E-state index in [4.69, 9.17) is 4.74 Å². The van der Waals surface area contributed by atoms with Crippen LogP contribution in [0.5, 0.6) is 0 Å². The lowest BCUT2D eigenvalue weighted by molar-refractivity contribution is -0.143. The first kappa shape index (κ1) is 36.3. The summed E-state index contributed by atoms with van der Waals surface area (Å²) in [5.41, 5.74) is 4.59. The molecule has 3 rings (SSSR count). The smallest absolute Gasteiger partial charge is 0.408 e.